The molecule has 12 heavy (non-hydrogen) atoms. The lowest BCUT2D eigenvalue weighted by molar-refractivity contribution is -0.116. The van der Waals surface area contributed by atoms with Gasteiger partial charge in [0, 0.05) is 13.7 Å². The van der Waals surface area contributed by atoms with Crippen LogP contribution >= 0.6 is 0 Å². The summed E-state index contributed by atoms with van der Waals surface area (Å²) in [5, 5.41) is 2.72. The largest absolute Gasteiger partial charge is 0.420 e. The standard InChI is InChI=1S/C8H17NO2Si/c1-5-8(10)9-6-7-12(3,4)11-2/h5H,1,6-7H2,2-4H3,(H,9,10). The number of hydrogen-bond acceptors (Lipinski definition) is 2. The molecule has 0 aromatic heterocycles. The Bertz CT molecular complexity index is 168. The maximum atomic E-state index is 10.7. The van der Waals surface area contributed by atoms with E-state index in [1.807, 2.05) is 0 Å². The Morgan fingerprint density at radius 2 is 2.25 bits per heavy atom. The Morgan fingerprint density at radius 3 is 2.67 bits per heavy atom. The third-order valence-corrected chi connectivity index (χ3v) is 4.32. The first-order chi connectivity index (χ1) is 5.52. The van der Waals surface area contributed by atoms with Crippen molar-refractivity contribution < 1.29 is 9.22 Å². The Kier molecular flexibility index (Phi) is 4.85. The summed E-state index contributed by atoms with van der Waals surface area (Å²) < 4.78 is 5.31. The molecule has 0 aliphatic heterocycles. The summed E-state index contributed by atoms with van der Waals surface area (Å²) in [7, 11) is 0.218. The summed E-state index contributed by atoms with van der Waals surface area (Å²) in [6.07, 6.45) is 1.28. The predicted octanol–water partition coefficient (Wildman–Crippen LogP) is 1.14. The molecule has 0 aliphatic carbocycles. The molecule has 1 N–H and O–H groups in total. The van der Waals surface area contributed by atoms with Gasteiger partial charge in [-0.25, -0.2) is 0 Å². The van der Waals surface area contributed by atoms with Crippen molar-refractivity contribution in [1.29, 1.82) is 0 Å². The van der Waals surface area contributed by atoms with Gasteiger partial charge in [-0.1, -0.05) is 6.58 Å². The van der Waals surface area contributed by atoms with Gasteiger partial charge in [0.2, 0.25) is 5.91 Å². The van der Waals surface area contributed by atoms with Crippen LogP contribution in [-0.4, -0.2) is 27.9 Å². The van der Waals surface area contributed by atoms with Crippen LogP contribution < -0.4 is 5.32 Å². The van der Waals surface area contributed by atoms with Gasteiger partial charge in [-0.05, 0) is 25.2 Å². The molecule has 0 aromatic rings. The molecule has 0 saturated heterocycles. The van der Waals surface area contributed by atoms with Gasteiger partial charge in [0.25, 0.3) is 0 Å². The number of carbonyl (C=O) groups is 1. The molecule has 4 heteroatoms. The third kappa shape index (κ3) is 5.09. The van der Waals surface area contributed by atoms with Crippen LogP contribution in [0.15, 0.2) is 12.7 Å². The van der Waals surface area contributed by atoms with Gasteiger partial charge in [-0.3, -0.25) is 4.79 Å². The summed E-state index contributed by atoms with van der Waals surface area (Å²) in [6, 6.07) is 0.934. The number of amides is 1. The Labute approximate surface area is 74.9 Å². The topological polar surface area (TPSA) is 38.3 Å². The first-order valence-corrected chi connectivity index (χ1v) is 7.09. The fourth-order valence-corrected chi connectivity index (χ4v) is 1.59. The van der Waals surface area contributed by atoms with E-state index in [1.165, 1.54) is 6.08 Å². The van der Waals surface area contributed by atoms with Crippen LogP contribution in [0.1, 0.15) is 0 Å². The lowest BCUT2D eigenvalue weighted by Crippen LogP contribution is -2.34. The zero-order valence-corrected chi connectivity index (χ0v) is 9.02. The molecule has 0 unspecified atom stereocenters. The van der Waals surface area contributed by atoms with E-state index < -0.39 is 8.32 Å². The van der Waals surface area contributed by atoms with Crippen molar-refractivity contribution in [3.63, 3.8) is 0 Å². The van der Waals surface area contributed by atoms with E-state index in [1.54, 1.807) is 7.11 Å². The molecule has 0 saturated carbocycles. The van der Waals surface area contributed by atoms with E-state index in [0.717, 1.165) is 6.04 Å². The molecule has 0 aromatic carbocycles. The lowest BCUT2D eigenvalue weighted by Gasteiger charge is -2.19. The highest BCUT2D eigenvalue weighted by Crippen LogP contribution is 2.07. The fourth-order valence-electron chi connectivity index (χ4n) is 0.661. The summed E-state index contributed by atoms with van der Waals surface area (Å²) in [4.78, 5) is 10.7. The second kappa shape index (κ2) is 5.11. The summed E-state index contributed by atoms with van der Waals surface area (Å²) in [5.74, 6) is -0.115. The molecule has 0 aliphatic rings. The molecule has 0 atom stereocenters. The van der Waals surface area contributed by atoms with Crippen LogP contribution in [0.5, 0.6) is 0 Å². The zero-order chi connectivity index (χ0) is 9.61. The Balaban J connectivity index is 3.56. The minimum Gasteiger partial charge on any atom is -0.420 e. The zero-order valence-electron chi connectivity index (χ0n) is 8.02. The fraction of sp³-hybridized carbons (Fsp3) is 0.625. The van der Waals surface area contributed by atoms with Gasteiger partial charge in [0.05, 0.1) is 0 Å². The quantitative estimate of drug-likeness (QED) is 0.518. The first kappa shape index (κ1) is 11.4. The van der Waals surface area contributed by atoms with Crippen molar-refractivity contribution in [1.82, 2.24) is 5.32 Å². The van der Waals surface area contributed by atoms with Crippen molar-refractivity contribution in [2.24, 2.45) is 0 Å². The SMILES string of the molecule is C=CC(=O)NCC[Si](C)(C)OC. The Morgan fingerprint density at radius 1 is 1.67 bits per heavy atom. The maximum absolute atomic E-state index is 10.7. The van der Waals surface area contributed by atoms with Crippen LogP contribution in [0.25, 0.3) is 0 Å². The van der Waals surface area contributed by atoms with E-state index >= 15 is 0 Å². The minimum atomic E-state index is -1.51. The second-order valence-corrected chi connectivity index (χ2v) is 7.64. The van der Waals surface area contributed by atoms with Gasteiger partial charge >= 0.3 is 0 Å². The minimum absolute atomic E-state index is 0.115. The molecule has 0 fully saturated rings. The predicted molar refractivity (Wildman–Crippen MR) is 52.5 cm³/mol. The Hall–Kier alpha value is -0.613. The monoisotopic (exact) mass is 187 g/mol. The molecular formula is C8H17NO2Si. The molecule has 70 valence electrons. The van der Waals surface area contributed by atoms with Crippen molar-refractivity contribution in [3.8, 4) is 0 Å². The highest BCUT2D eigenvalue weighted by molar-refractivity contribution is 6.71. The molecule has 0 spiro atoms. The molecule has 0 bridgehead atoms. The van der Waals surface area contributed by atoms with Crippen LogP contribution in [0.2, 0.25) is 19.1 Å². The van der Waals surface area contributed by atoms with Crippen LogP contribution in [-0.2, 0) is 9.22 Å². The van der Waals surface area contributed by atoms with Crippen molar-refractivity contribution in [3.05, 3.63) is 12.7 Å². The van der Waals surface area contributed by atoms with E-state index in [-0.39, 0.29) is 5.91 Å². The van der Waals surface area contributed by atoms with E-state index in [2.05, 4.69) is 25.0 Å². The van der Waals surface area contributed by atoms with Gasteiger partial charge in [-0.15, -0.1) is 0 Å². The van der Waals surface area contributed by atoms with E-state index in [9.17, 15) is 4.79 Å². The molecule has 3 nitrogen and oxygen atoms in total. The first-order valence-electron chi connectivity index (χ1n) is 3.97. The van der Waals surface area contributed by atoms with Crippen molar-refractivity contribution in [2.45, 2.75) is 19.1 Å². The summed E-state index contributed by atoms with van der Waals surface area (Å²) in [5.41, 5.74) is 0. The average Bonchev–Trinajstić information content (AvgIpc) is 2.04. The van der Waals surface area contributed by atoms with Gasteiger partial charge in [0.15, 0.2) is 8.32 Å². The van der Waals surface area contributed by atoms with Crippen LogP contribution in [0, 0.1) is 0 Å². The van der Waals surface area contributed by atoms with Crippen LogP contribution in [0.4, 0.5) is 0 Å². The highest BCUT2D eigenvalue weighted by Gasteiger charge is 2.19. The molecular weight excluding hydrogens is 170 g/mol. The van der Waals surface area contributed by atoms with Crippen molar-refractivity contribution in [2.75, 3.05) is 13.7 Å². The number of nitrogens with one attached hydrogen (secondary N) is 1. The number of carbonyl (C=O) groups excluding carboxylic acids is 1. The maximum Gasteiger partial charge on any atom is 0.243 e. The number of rotatable bonds is 5. The van der Waals surface area contributed by atoms with Crippen molar-refractivity contribution >= 4 is 14.2 Å². The van der Waals surface area contributed by atoms with E-state index in [4.69, 9.17) is 4.43 Å². The summed E-state index contributed by atoms with van der Waals surface area (Å²) >= 11 is 0. The van der Waals surface area contributed by atoms with Gasteiger partial charge < -0.3 is 9.74 Å². The third-order valence-electron chi connectivity index (χ3n) is 1.76. The lowest BCUT2D eigenvalue weighted by atomic mass is 10.6. The van der Waals surface area contributed by atoms with E-state index in [0.29, 0.717) is 6.54 Å². The molecule has 1 amide bonds. The molecule has 0 radical (unpaired) electrons. The summed E-state index contributed by atoms with van der Waals surface area (Å²) in [6.45, 7) is 8.28. The number of hydrogen-bond donors (Lipinski definition) is 1. The smallest absolute Gasteiger partial charge is 0.243 e. The van der Waals surface area contributed by atoms with Crippen LogP contribution in [0.3, 0.4) is 0 Å². The normalized spacial score (nSPS) is 10.9. The molecule has 0 rings (SSSR count). The second-order valence-electron chi connectivity index (χ2n) is 3.21. The highest BCUT2D eigenvalue weighted by atomic mass is 28.4. The van der Waals surface area contributed by atoms with Gasteiger partial charge in [0.1, 0.15) is 0 Å². The van der Waals surface area contributed by atoms with Gasteiger partial charge in [-0.2, -0.15) is 0 Å². The molecule has 0 heterocycles. The average molecular weight is 187 g/mol.